The molecule has 0 spiro atoms. The summed E-state index contributed by atoms with van der Waals surface area (Å²) in [6.07, 6.45) is 0.517. The van der Waals surface area contributed by atoms with Gasteiger partial charge >= 0.3 is 17.9 Å². The standard InChI is InChI=1S/C21H25N3O6/c22-16(20(27)29-12-18(24)19(25)26)11-14-6-8-15(9-7-14)30-21(28)17(23)10-13-4-2-1-3-5-13/h1-9,16-18H,10-12,22-24H2,(H,25,26)/t16-,17-,18-/m0/s1. The Morgan fingerprint density at radius 1 is 0.767 bits per heavy atom. The second kappa shape index (κ2) is 11.1. The molecular weight excluding hydrogens is 390 g/mol. The van der Waals surface area contributed by atoms with E-state index < -0.39 is 42.6 Å². The second-order valence-electron chi connectivity index (χ2n) is 6.75. The van der Waals surface area contributed by atoms with Crippen LogP contribution in [0.1, 0.15) is 11.1 Å². The lowest BCUT2D eigenvalue weighted by Crippen LogP contribution is -2.40. The number of carboxylic acids is 1. The normalized spacial score (nSPS) is 13.7. The van der Waals surface area contributed by atoms with Crippen molar-refractivity contribution < 1.29 is 29.0 Å². The van der Waals surface area contributed by atoms with E-state index >= 15 is 0 Å². The summed E-state index contributed by atoms with van der Waals surface area (Å²) in [5.74, 6) is -2.27. The van der Waals surface area contributed by atoms with E-state index in [-0.39, 0.29) is 6.42 Å². The zero-order valence-electron chi connectivity index (χ0n) is 16.3. The first-order valence-corrected chi connectivity index (χ1v) is 9.27. The number of esters is 2. The highest BCUT2D eigenvalue weighted by atomic mass is 16.5. The van der Waals surface area contributed by atoms with E-state index in [4.69, 9.17) is 31.8 Å². The third-order valence-corrected chi connectivity index (χ3v) is 4.22. The smallest absolute Gasteiger partial charge is 0.328 e. The molecule has 2 aromatic rings. The number of carbonyl (C=O) groups is 3. The molecule has 0 aromatic heterocycles. The van der Waals surface area contributed by atoms with Crippen LogP contribution in [0.2, 0.25) is 0 Å². The molecule has 0 bridgehead atoms. The minimum absolute atomic E-state index is 0.156. The van der Waals surface area contributed by atoms with Crippen LogP contribution in [0.5, 0.6) is 5.75 Å². The van der Waals surface area contributed by atoms with Crippen LogP contribution in [0.3, 0.4) is 0 Å². The number of nitrogens with two attached hydrogens (primary N) is 3. The Bertz CT molecular complexity index is 857. The molecule has 160 valence electrons. The Morgan fingerprint density at radius 2 is 1.30 bits per heavy atom. The lowest BCUT2D eigenvalue weighted by molar-refractivity contribution is -0.149. The van der Waals surface area contributed by atoms with E-state index in [2.05, 4.69) is 0 Å². The van der Waals surface area contributed by atoms with Crippen molar-refractivity contribution in [2.24, 2.45) is 17.2 Å². The fourth-order valence-corrected chi connectivity index (χ4v) is 2.52. The maximum absolute atomic E-state index is 12.2. The van der Waals surface area contributed by atoms with Crippen molar-refractivity contribution in [2.75, 3.05) is 6.61 Å². The number of benzene rings is 2. The van der Waals surface area contributed by atoms with Gasteiger partial charge in [0.25, 0.3) is 0 Å². The number of aliphatic carboxylic acids is 1. The maximum Gasteiger partial charge on any atom is 0.328 e. The third kappa shape index (κ3) is 7.28. The zero-order valence-corrected chi connectivity index (χ0v) is 16.3. The number of hydrogen-bond donors (Lipinski definition) is 4. The summed E-state index contributed by atoms with van der Waals surface area (Å²) in [5.41, 5.74) is 18.6. The molecule has 30 heavy (non-hydrogen) atoms. The molecule has 0 heterocycles. The number of rotatable bonds is 10. The quantitative estimate of drug-likeness (QED) is 0.308. The van der Waals surface area contributed by atoms with Crippen molar-refractivity contribution in [3.05, 3.63) is 65.7 Å². The van der Waals surface area contributed by atoms with Crippen LogP contribution >= 0.6 is 0 Å². The molecule has 2 rings (SSSR count). The predicted molar refractivity (Wildman–Crippen MR) is 108 cm³/mol. The monoisotopic (exact) mass is 415 g/mol. The van der Waals surface area contributed by atoms with Crippen LogP contribution in [0.15, 0.2) is 54.6 Å². The van der Waals surface area contributed by atoms with Crippen LogP contribution in [0.25, 0.3) is 0 Å². The zero-order chi connectivity index (χ0) is 22.1. The van der Waals surface area contributed by atoms with E-state index in [1.54, 1.807) is 24.3 Å². The Balaban J connectivity index is 1.83. The molecule has 0 aliphatic heterocycles. The van der Waals surface area contributed by atoms with Gasteiger partial charge in [0.05, 0.1) is 0 Å². The molecule has 2 aromatic carbocycles. The lowest BCUT2D eigenvalue weighted by Gasteiger charge is -2.14. The molecule has 0 saturated heterocycles. The Hall–Kier alpha value is -3.27. The van der Waals surface area contributed by atoms with Crippen molar-refractivity contribution in [2.45, 2.75) is 31.0 Å². The van der Waals surface area contributed by atoms with E-state index in [0.717, 1.165) is 5.56 Å². The average Bonchev–Trinajstić information content (AvgIpc) is 2.73. The molecule has 7 N–H and O–H groups in total. The van der Waals surface area contributed by atoms with Gasteiger partial charge in [0, 0.05) is 0 Å². The average molecular weight is 415 g/mol. The van der Waals surface area contributed by atoms with Crippen molar-refractivity contribution >= 4 is 17.9 Å². The van der Waals surface area contributed by atoms with Gasteiger partial charge in [-0.15, -0.1) is 0 Å². The molecular formula is C21H25N3O6. The highest BCUT2D eigenvalue weighted by molar-refractivity contribution is 5.78. The minimum Gasteiger partial charge on any atom is -0.480 e. The highest BCUT2D eigenvalue weighted by Crippen LogP contribution is 2.15. The van der Waals surface area contributed by atoms with Gasteiger partial charge in [-0.2, -0.15) is 0 Å². The minimum atomic E-state index is -1.30. The molecule has 0 radical (unpaired) electrons. The molecule has 0 saturated carbocycles. The topological polar surface area (TPSA) is 168 Å². The number of hydrogen-bond acceptors (Lipinski definition) is 8. The summed E-state index contributed by atoms with van der Waals surface area (Å²) in [6, 6.07) is 12.7. The summed E-state index contributed by atoms with van der Waals surface area (Å²) < 4.78 is 10.1. The van der Waals surface area contributed by atoms with Crippen molar-refractivity contribution in [1.82, 2.24) is 0 Å². The highest BCUT2D eigenvalue weighted by Gasteiger charge is 2.20. The summed E-state index contributed by atoms with van der Waals surface area (Å²) >= 11 is 0. The molecule has 3 atom stereocenters. The van der Waals surface area contributed by atoms with Crippen LogP contribution in [-0.4, -0.2) is 47.7 Å². The van der Waals surface area contributed by atoms with Gasteiger partial charge in [-0.3, -0.25) is 9.59 Å². The molecule has 9 nitrogen and oxygen atoms in total. The molecule has 0 amide bonds. The van der Waals surface area contributed by atoms with E-state index in [1.165, 1.54) is 0 Å². The van der Waals surface area contributed by atoms with E-state index in [0.29, 0.717) is 17.7 Å². The molecule has 0 fully saturated rings. The summed E-state index contributed by atoms with van der Waals surface area (Å²) in [7, 11) is 0. The molecule has 9 heteroatoms. The van der Waals surface area contributed by atoms with Gasteiger partial charge in [-0.25, -0.2) is 4.79 Å². The Labute approximate surface area is 173 Å². The predicted octanol–water partition coefficient (Wildman–Crippen LogP) is -0.0131. The number of carboxylic acid groups (broad SMARTS) is 1. The van der Waals surface area contributed by atoms with Crippen LogP contribution < -0.4 is 21.9 Å². The van der Waals surface area contributed by atoms with Crippen LogP contribution in [-0.2, 0) is 32.0 Å². The summed E-state index contributed by atoms with van der Waals surface area (Å²) in [4.78, 5) is 34.6. The molecule has 0 aliphatic rings. The first kappa shape index (κ1) is 23.0. The van der Waals surface area contributed by atoms with Gasteiger partial charge in [0.2, 0.25) is 0 Å². The van der Waals surface area contributed by atoms with Gasteiger partial charge in [0.15, 0.2) is 0 Å². The Morgan fingerprint density at radius 3 is 1.87 bits per heavy atom. The number of ether oxygens (including phenoxy) is 2. The Kier molecular flexibility index (Phi) is 8.48. The first-order valence-electron chi connectivity index (χ1n) is 9.27. The lowest BCUT2D eigenvalue weighted by atomic mass is 10.1. The van der Waals surface area contributed by atoms with Gasteiger partial charge < -0.3 is 31.8 Å². The van der Waals surface area contributed by atoms with Gasteiger partial charge in [0.1, 0.15) is 30.5 Å². The van der Waals surface area contributed by atoms with Crippen molar-refractivity contribution in [1.29, 1.82) is 0 Å². The van der Waals surface area contributed by atoms with Crippen LogP contribution in [0.4, 0.5) is 0 Å². The SMILES string of the molecule is N[C@@H](COC(=O)[C@@H](N)Cc1ccc(OC(=O)[C@@H](N)Cc2ccccc2)cc1)C(=O)O. The van der Waals surface area contributed by atoms with Crippen molar-refractivity contribution in [3.63, 3.8) is 0 Å². The summed E-state index contributed by atoms with van der Waals surface area (Å²) in [6.45, 7) is -0.458. The van der Waals surface area contributed by atoms with Gasteiger partial charge in [-0.1, -0.05) is 42.5 Å². The third-order valence-electron chi connectivity index (χ3n) is 4.22. The second-order valence-corrected chi connectivity index (χ2v) is 6.75. The molecule has 0 aliphatic carbocycles. The fraction of sp³-hybridized carbons (Fsp3) is 0.286. The first-order chi connectivity index (χ1) is 14.3. The van der Waals surface area contributed by atoms with Crippen LogP contribution in [0, 0.1) is 0 Å². The maximum atomic E-state index is 12.2. The van der Waals surface area contributed by atoms with Crippen molar-refractivity contribution in [3.8, 4) is 5.75 Å². The number of carbonyl (C=O) groups excluding carboxylic acids is 2. The van der Waals surface area contributed by atoms with E-state index in [1.807, 2.05) is 30.3 Å². The fourth-order valence-electron chi connectivity index (χ4n) is 2.52. The van der Waals surface area contributed by atoms with Gasteiger partial charge in [-0.05, 0) is 36.1 Å². The van der Waals surface area contributed by atoms with E-state index in [9.17, 15) is 14.4 Å². The summed E-state index contributed by atoms with van der Waals surface area (Å²) in [5, 5.41) is 8.67. The molecule has 0 unspecified atom stereocenters. The largest absolute Gasteiger partial charge is 0.480 e.